The number of fused-ring (bicyclic) bond motifs is 16. The highest BCUT2D eigenvalue weighted by atomic mass is 32.3. The summed E-state index contributed by atoms with van der Waals surface area (Å²) in [4.78, 5) is 29.3. The third-order valence-corrected chi connectivity index (χ3v) is 20.5. The Morgan fingerprint density at radius 3 is 1.53 bits per heavy atom. The number of hydrogen-bond acceptors (Lipinski definition) is 19. The van der Waals surface area contributed by atoms with Crippen molar-refractivity contribution in [3.05, 3.63) is 168 Å². The third-order valence-electron chi connectivity index (χ3n) is 13.3. The van der Waals surface area contributed by atoms with Crippen LogP contribution >= 0.6 is 0 Å². The van der Waals surface area contributed by atoms with Gasteiger partial charge in [-0.15, -0.1) is 0 Å². The van der Waals surface area contributed by atoms with Gasteiger partial charge in [-0.25, -0.2) is 71.5 Å². The van der Waals surface area contributed by atoms with Crippen molar-refractivity contribution in [2.75, 3.05) is 43.1 Å². The molecule has 85 heavy (non-hydrogen) atoms. The summed E-state index contributed by atoms with van der Waals surface area (Å²) in [5, 5.41) is 6.38. The van der Waals surface area contributed by atoms with Crippen molar-refractivity contribution < 1.29 is 68.0 Å². The topological polar surface area (TPSA) is 397 Å². The van der Waals surface area contributed by atoms with E-state index in [4.69, 9.17) is 29.1 Å². The average Bonchev–Trinajstić information content (AvgIpc) is 3.16. The summed E-state index contributed by atoms with van der Waals surface area (Å²) in [5.74, 6) is 0.0401. The highest BCUT2D eigenvalue weighted by molar-refractivity contribution is 7.92. The van der Waals surface area contributed by atoms with Crippen molar-refractivity contribution >= 4 is 128 Å². The first-order valence-corrected chi connectivity index (χ1v) is 34.4. The summed E-state index contributed by atoms with van der Waals surface area (Å²) in [6, 6.07) is 27.3. The zero-order valence-corrected chi connectivity index (χ0v) is 49.0. The number of hydrogen-bond donors (Lipinski definition) is 8. The quantitative estimate of drug-likeness (QED) is 0.0455. The molecule has 8 bridgehead atoms. The average molecular weight is 1280 g/mol. The molecule has 5 heterocycles. The predicted molar refractivity (Wildman–Crippen MR) is 316 cm³/mol. The standard InChI is InChI=1S/C53H50N10O16S6/c1-33-7-3-2-4-10-46-56-47(33)58-48-40-8-5-6-9-41(40)49(59-48)60-50-43-22-20-39(83(70,71)55-26-24-35-13-17-37(18-14-35)81(66,67)30-28-79-85(75,76)77)32-45(43)53(62-50)63-51-42-21-19-38(31-44(42)52(57-46)61-51)82(68,69)54-25-23-34-11-15-36(16-12-34)80(64,65)29-27-78-84(72,73)74/h2-9,11-22,31-32,54-55,61-63H,1,10,23-30H2,(H,72,73,74)(H,75,76,77)(H,56,57,58,59,60)/b4-2-,7-3-. The Balaban J connectivity index is 0.990. The second-order valence-electron chi connectivity index (χ2n) is 19.0. The molecule has 444 valence electrons. The molecule has 8 N–H and O–H groups in total. The molecule has 2 aliphatic rings. The summed E-state index contributed by atoms with van der Waals surface area (Å²) >= 11 is 0. The minimum atomic E-state index is -4.84. The second kappa shape index (κ2) is 23.9. The molecule has 10 rings (SSSR count). The normalized spacial score (nSPS) is 15.2. The summed E-state index contributed by atoms with van der Waals surface area (Å²) in [6.45, 7) is 2.42. The highest BCUT2D eigenvalue weighted by Crippen LogP contribution is 2.40. The van der Waals surface area contributed by atoms with Gasteiger partial charge in [0.25, 0.3) is 0 Å². The van der Waals surface area contributed by atoms with Crippen LogP contribution in [0.4, 0.5) is 23.3 Å². The van der Waals surface area contributed by atoms with Gasteiger partial charge in [0.05, 0.1) is 44.3 Å². The van der Waals surface area contributed by atoms with Crippen LogP contribution in [0.2, 0.25) is 0 Å². The maximum atomic E-state index is 14.1. The SMILES string of the molecule is C=C1/C=C\C=C/CC2=Nc3[nH]c(c4ccc(S(=O)(=O)NCCc5ccc(S(=O)(=O)CCOS(=O)(=O)O)cc5)cc34)Nc3[nH]c(c4ccc(S(=O)(=O)NCCc5ccc(S(=O)(=O)CCOS(=O)(=O)O)cc5)cc34)N=c3[nH]c(c4ccccc34)=NC1=N2. The zero-order valence-electron chi connectivity index (χ0n) is 44.1. The number of rotatable bonds is 20. The van der Waals surface area contributed by atoms with Crippen LogP contribution in [0.25, 0.3) is 32.3 Å². The monoisotopic (exact) mass is 1270 g/mol. The Kier molecular flexibility index (Phi) is 16.9. The molecular weight excluding hydrogens is 1230 g/mol. The lowest BCUT2D eigenvalue weighted by molar-refractivity contribution is 0.282. The number of anilines is 2. The molecular formula is C53H50N10O16S6. The van der Waals surface area contributed by atoms with Crippen LogP contribution in [0.5, 0.6) is 0 Å². The fraction of sp³-hybridized carbons (Fsp3) is 0.170. The zero-order chi connectivity index (χ0) is 60.5. The maximum absolute atomic E-state index is 14.1. The van der Waals surface area contributed by atoms with Gasteiger partial charge in [-0.2, -0.15) is 16.8 Å². The van der Waals surface area contributed by atoms with E-state index in [1.54, 1.807) is 30.4 Å². The largest absolute Gasteiger partial charge is 0.397 e. The molecule has 5 aromatic carbocycles. The van der Waals surface area contributed by atoms with Crippen molar-refractivity contribution in [1.29, 1.82) is 0 Å². The number of aromatic nitrogens is 3. The summed E-state index contributed by atoms with van der Waals surface area (Å²) < 4.78 is 182. The van der Waals surface area contributed by atoms with Gasteiger partial charge in [-0.05, 0) is 84.6 Å². The molecule has 0 unspecified atom stereocenters. The molecule has 0 aliphatic carbocycles. The van der Waals surface area contributed by atoms with Crippen LogP contribution in [-0.2, 0) is 81.7 Å². The summed E-state index contributed by atoms with van der Waals surface area (Å²) in [5.41, 5.74) is 2.37. The summed E-state index contributed by atoms with van der Waals surface area (Å²) in [6.07, 6.45) is 7.63. The fourth-order valence-corrected chi connectivity index (χ4v) is 14.2. The van der Waals surface area contributed by atoms with Gasteiger partial charge in [-0.3, -0.25) is 9.11 Å². The third kappa shape index (κ3) is 14.3. The van der Waals surface area contributed by atoms with Crippen LogP contribution in [0, 0.1) is 0 Å². The number of nitrogens with one attached hydrogen (secondary N) is 6. The molecule has 0 saturated heterocycles. The van der Waals surface area contributed by atoms with E-state index in [1.165, 1.54) is 72.8 Å². The minimum Gasteiger partial charge on any atom is -0.327 e. The number of amidine groups is 2. The second-order valence-corrected chi connectivity index (χ2v) is 29.0. The number of H-pyrrole nitrogens is 3. The Labute approximate surface area is 486 Å². The Morgan fingerprint density at radius 2 is 0.988 bits per heavy atom. The number of allylic oxidation sites excluding steroid dienone is 2. The smallest absolute Gasteiger partial charge is 0.327 e. The first kappa shape index (κ1) is 60.3. The van der Waals surface area contributed by atoms with Crippen LogP contribution in [-0.4, -0.2) is 124 Å². The van der Waals surface area contributed by atoms with Gasteiger partial charge in [-0.1, -0.05) is 79.4 Å². The van der Waals surface area contributed by atoms with Crippen LogP contribution < -0.4 is 25.7 Å². The van der Waals surface area contributed by atoms with E-state index in [2.05, 4.69) is 44.7 Å². The molecule has 3 aromatic heterocycles. The number of sulfone groups is 2. The molecule has 0 amide bonds. The number of nitrogens with zero attached hydrogens (tertiary/aromatic N) is 4. The highest BCUT2D eigenvalue weighted by Gasteiger charge is 2.24. The van der Waals surface area contributed by atoms with Gasteiger partial charge in [0, 0.05) is 57.4 Å². The Hall–Kier alpha value is -7.86. The van der Waals surface area contributed by atoms with Crippen molar-refractivity contribution in [3.63, 3.8) is 0 Å². The molecule has 0 saturated carbocycles. The molecule has 0 atom stereocenters. The van der Waals surface area contributed by atoms with Gasteiger partial charge in [0.1, 0.15) is 40.1 Å². The van der Waals surface area contributed by atoms with Crippen molar-refractivity contribution in [1.82, 2.24) is 24.4 Å². The number of aromatic amines is 3. The lowest BCUT2D eigenvalue weighted by Gasteiger charge is -2.09. The maximum Gasteiger partial charge on any atom is 0.397 e. The number of benzene rings is 5. The minimum absolute atomic E-state index is 0.106. The van der Waals surface area contributed by atoms with Crippen LogP contribution in [0.3, 0.4) is 0 Å². The molecule has 32 heteroatoms. The van der Waals surface area contributed by atoms with Crippen LogP contribution in [0.15, 0.2) is 185 Å². The molecule has 0 spiro atoms. The van der Waals surface area contributed by atoms with E-state index < -0.39 is 85.2 Å². The van der Waals surface area contributed by atoms with E-state index in [-0.39, 0.29) is 75.2 Å². The number of aliphatic imine (C=N–C) groups is 2. The van der Waals surface area contributed by atoms with E-state index in [9.17, 15) is 50.5 Å². The molecule has 2 aliphatic heterocycles. The molecule has 0 radical (unpaired) electrons. The fourth-order valence-electron chi connectivity index (χ4n) is 9.07. The van der Waals surface area contributed by atoms with Crippen molar-refractivity contribution in [2.24, 2.45) is 20.0 Å². The van der Waals surface area contributed by atoms with Crippen LogP contribution in [0.1, 0.15) is 17.5 Å². The van der Waals surface area contributed by atoms with Gasteiger partial charge in [0.15, 0.2) is 25.5 Å². The van der Waals surface area contributed by atoms with Gasteiger partial charge < -0.3 is 20.3 Å². The predicted octanol–water partition coefficient (Wildman–Crippen LogP) is 5.19. The van der Waals surface area contributed by atoms with Gasteiger partial charge >= 0.3 is 20.8 Å². The lowest BCUT2D eigenvalue weighted by Crippen LogP contribution is -2.26. The summed E-state index contributed by atoms with van der Waals surface area (Å²) in [7, 11) is -26.2. The number of sulfonamides is 2. The molecule has 26 nitrogen and oxygen atoms in total. The molecule has 8 aromatic rings. The van der Waals surface area contributed by atoms with E-state index in [1.807, 2.05) is 30.3 Å². The molecule has 0 fully saturated rings. The first-order valence-electron chi connectivity index (χ1n) is 25.4. The Bertz CT molecular complexity index is 4980. The lowest BCUT2D eigenvalue weighted by atomic mass is 10.2. The van der Waals surface area contributed by atoms with E-state index >= 15 is 0 Å². The van der Waals surface area contributed by atoms with E-state index in [0.717, 1.165) is 0 Å². The van der Waals surface area contributed by atoms with Gasteiger partial charge in [0.2, 0.25) is 20.0 Å². The van der Waals surface area contributed by atoms with Crippen molar-refractivity contribution in [2.45, 2.75) is 38.8 Å². The Morgan fingerprint density at radius 1 is 0.506 bits per heavy atom. The van der Waals surface area contributed by atoms with E-state index in [0.29, 0.717) is 71.6 Å². The van der Waals surface area contributed by atoms with Crippen molar-refractivity contribution in [3.8, 4) is 0 Å². The first-order chi connectivity index (χ1) is 40.2.